The van der Waals surface area contributed by atoms with E-state index in [1.165, 1.54) is 7.11 Å². The standard InChI is InChI=1S/C18H22N2O4/c1-11(17-12(2)20-24-13(17)3)9-16(21)19-10-14-5-7-15(8-6-14)18(22)23-4/h5-8,11H,9-10H2,1-4H3,(H,19,21). The topological polar surface area (TPSA) is 81.4 Å². The first-order valence-electron chi connectivity index (χ1n) is 7.79. The maximum atomic E-state index is 12.1. The lowest BCUT2D eigenvalue weighted by Crippen LogP contribution is -2.24. The van der Waals surface area contributed by atoms with Crippen molar-refractivity contribution in [2.24, 2.45) is 0 Å². The first-order chi connectivity index (χ1) is 11.4. The van der Waals surface area contributed by atoms with Crippen molar-refractivity contribution in [1.29, 1.82) is 0 Å². The van der Waals surface area contributed by atoms with Gasteiger partial charge in [0.05, 0.1) is 18.4 Å². The number of nitrogens with one attached hydrogen (secondary N) is 1. The Morgan fingerprint density at radius 3 is 2.46 bits per heavy atom. The maximum Gasteiger partial charge on any atom is 0.337 e. The second-order valence-electron chi connectivity index (χ2n) is 5.81. The van der Waals surface area contributed by atoms with Crippen molar-refractivity contribution >= 4 is 11.9 Å². The SMILES string of the molecule is COC(=O)c1ccc(CNC(=O)CC(C)c2c(C)noc2C)cc1. The number of aromatic nitrogens is 1. The van der Waals surface area contributed by atoms with E-state index in [4.69, 9.17) is 4.52 Å². The summed E-state index contributed by atoms with van der Waals surface area (Å²) < 4.78 is 9.80. The van der Waals surface area contributed by atoms with Crippen LogP contribution >= 0.6 is 0 Å². The summed E-state index contributed by atoms with van der Waals surface area (Å²) in [4.78, 5) is 23.5. The van der Waals surface area contributed by atoms with Crippen molar-refractivity contribution in [1.82, 2.24) is 10.5 Å². The molecular weight excluding hydrogens is 308 g/mol. The lowest BCUT2D eigenvalue weighted by molar-refractivity contribution is -0.121. The third-order valence-corrected chi connectivity index (χ3v) is 3.94. The Morgan fingerprint density at radius 1 is 1.25 bits per heavy atom. The second-order valence-corrected chi connectivity index (χ2v) is 5.81. The van der Waals surface area contributed by atoms with Crippen LogP contribution < -0.4 is 5.32 Å². The first-order valence-corrected chi connectivity index (χ1v) is 7.79. The maximum absolute atomic E-state index is 12.1. The molecule has 0 fully saturated rings. The Balaban J connectivity index is 1.88. The number of hydrogen-bond acceptors (Lipinski definition) is 5. The van der Waals surface area contributed by atoms with Crippen LogP contribution in [0.4, 0.5) is 0 Å². The number of carbonyl (C=O) groups excluding carboxylic acids is 2. The minimum absolute atomic E-state index is 0.0398. The normalized spacial score (nSPS) is 11.8. The fraction of sp³-hybridized carbons (Fsp3) is 0.389. The van der Waals surface area contributed by atoms with Gasteiger partial charge in [-0.1, -0.05) is 24.2 Å². The summed E-state index contributed by atoms with van der Waals surface area (Å²) in [6, 6.07) is 6.95. The van der Waals surface area contributed by atoms with Crippen molar-refractivity contribution in [3.63, 3.8) is 0 Å². The van der Waals surface area contributed by atoms with Crippen molar-refractivity contribution in [2.75, 3.05) is 7.11 Å². The molecule has 0 saturated heterocycles. The van der Waals surface area contributed by atoms with Gasteiger partial charge >= 0.3 is 5.97 Å². The van der Waals surface area contributed by atoms with Crippen LogP contribution in [0.15, 0.2) is 28.8 Å². The number of methoxy groups -OCH3 is 1. The highest BCUT2D eigenvalue weighted by Gasteiger charge is 2.19. The molecular formula is C18H22N2O4. The van der Waals surface area contributed by atoms with E-state index in [2.05, 4.69) is 15.2 Å². The lowest BCUT2D eigenvalue weighted by atomic mass is 9.96. The molecule has 0 bridgehead atoms. The number of amides is 1. The van der Waals surface area contributed by atoms with Gasteiger partial charge in [0.15, 0.2) is 0 Å². The Kier molecular flexibility index (Phi) is 5.73. The van der Waals surface area contributed by atoms with Crippen LogP contribution in [0.25, 0.3) is 0 Å². The van der Waals surface area contributed by atoms with Crippen molar-refractivity contribution in [3.05, 3.63) is 52.4 Å². The molecule has 6 heteroatoms. The summed E-state index contributed by atoms with van der Waals surface area (Å²) in [5.74, 6) is 0.377. The van der Waals surface area contributed by atoms with E-state index < -0.39 is 0 Å². The summed E-state index contributed by atoms with van der Waals surface area (Å²) in [6.07, 6.45) is 0.364. The molecule has 0 aliphatic rings. The zero-order chi connectivity index (χ0) is 17.7. The molecule has 1 unspecified atom stereocenters. The number of hydrogen-bond donors (Lipinski definition) is 1. The minimum Gasteiger partial charge on any atom is -0.465 e. The highest BCUT2D eigenvalue weighted by atomic mass is 16.5. The molecule has 2 aromatic rings. The van der Waals surface area contributed by atoms with Gasteiger partial charge in [0.2, 0.25) is 5.91 Å². The Hall–Kier alpha value is -2.63. The summed E-state index contributed by atoms with van der Waals surface area (Å²) in [6.45, 7) is 6.13. The average Bonchev–Trinajstić information content (AvgIpc) is 2.91. The molecule has 24 heavy (non-hydrogen) atoms. The van der Waals surface area contributed by atoms with Crippen molar-refractivity contribution in [2.45, 2.75) is 39.7 Å². The van der Waals surface area contributed by atoms with E-state index >= 15 is 0 Å². The van der Waals surface area contributed by atoms with Gasteiger partial charge in [-0.2, -0.15) is 0 Å². The number of nitrogens with zero attached hydrogens (tertiary/aromatic N) is 1. The zero-order valence-corrected chi connectivity index (χ0v) is 14.4. The largest absolute Gasteiger partial charge is 0.465 e. The third-order valence-electron chi connectivity index (χ3n) is 3.94. The molecule has 0 aliphatic heterocycles. The number of aryl methyl sites for hydroxylation is 2. The fourth-order valence-corrected chi connectivity index (χ4v) is 2.72. The van der Waals surface area contributed by atoms with Gasteiger partial charge in [0, 0.05) is 18.5 Å². The smallest absolute Gasteiger partial charge is 0.337 e. The molecule has 1 heterocycles. The molecule has 2 rings (SSSR count). The number of rotatable bonds is 6. The number of benzene rings is 1. The molecule has 1 atom stereocenters. The van der Waals surface area contributed by atoms with Crippen LogP contribution in [-0.4, -0.2) is 24.1 Å². The third kappa shape index (κ3) is 4.22. The van der Waals surface area contributed by atoms with E-state index in [0.29, 0.717) is 18.5 Å². The highest BCUT2D eigenvalue weighted by molar-refractivity contribution is 5.89. The van der Waals surface area contributed by atoms with Gasteiger partial charge in [0.25, 0.3) is 0 Å². The molecule has 1 aromatic heterocycles. The van der Waals surface area contributed by atoms with Gasteiger partial charge in [-0.15, -0.1) is 0 Å². The van der Waals surface area contributed by atoms with Gasteiger partial charge in [-0.05, 0) is 37.5 Å². The summed E-state index contributed by atoms with van der Waals surface area (Å²) in [7, 11) is 1.34. The van der Waals surface area contributed by atoms with Gasteiger partial charge in [-0.25, -0.2) is 4.79 Å². The molecule has 0 radical (unpaired) electrons. The van der Waals surface area contributed by atoms with Crippen LogP contribution in [0, 0.1) is 13.8 Å². The second kappa shape index (κ2) is 7.77. The molecule has 0 spiro atoms. The van der Waals surface area contributed by atoms with Crippen LogP contribution in [0.5, 0.6) is 0 Å². The van der Waals surface area contributed by atoms with E-state index in [1.807, 2.05) is 20.8 Å². The van der Waals surface area contributed by atoms with E-state index in [0.717, 1.165) is 22.6 Å². The molecule has 1 amide bonds. The number of carbonyl (C=O) groups is 2. The molecule has 0 saturated carbocycles. The minimum atomic E-state index is -0.376. The average molecular weight is 330 g/mol. The summed E-state index contributed by atoms with van der Waals surface area (Å²) >= 11 is 0. The van der Waals surface area contributed by atoms with E-state index in [9.17, 15) is 9.59 Å². The van der Waals surface area contributed by atoms with Crippen molar-refractivity contribution < 1.29 is 18.8 Å². The van der Waals surface area contributed by atoms with E-state index in [-0.39, 0.29) is 17.8 Å². The van der Waals surface area contributed by atoms with Crippen LogP contribution in [0.2, 0.25) is 0 Å². The predicted molar refractivity (Wildman–Crippen MR) is 88.6 cm³/mol. The Morgan fingerprint density at radius 2 is 1.92 bits per heavy atom. The zero-order valence-electron chi connectivity index (χ0n) is 14.4. The van der Waals surface area contributed by atoms with Gasteiger partial charge in [0.1, 0.15) is 5.76 Å². The fourth-order valence-electron chi connectivity index (χ4n) is 2.72. The van der Waals surface area contributed by atoms with Crippen LogP contribution in [0.1, 0.15) is 52.2 Å². The molecule has 0 aliphatic carbocycles. The number of ether oxygens (including phenoxy) is 1. The van der Waals surface area contributed by atoms with Gasteiger partial charge in [-0.3, -0.25) is 4.79 Å². The predicted octanol–water partition coefficient (Wildman–Crippen LogP) is 2.89. The van der Waals surface area contributed by atoms with Crippen LogP contribution in [0.3, 0.4) is 0 Å². The van der Waals surface area contributed by atoms with Crippen molar-refractivity contribution in [3.8, 4) is 0 Å². The molecule has 1 aromatic carbocycles. The first kappa shape index (κ1) is 17.7. The molecule has 128 valence electrons. The highest BCUT2D eigenvalue weighted by Crippen LogP contribution is 2.25. The summed E-state index contributed by atoms with van der Waals surface area (Å²) in [5, 5.41) is 6.81. The summed E-state index contributed by atoms with van der Waals surface area (Å²) in [5.41, 5.74) is 3.22. The quantitative estimate of drug-likeness (QED) is 0.824. The molecule has 6 nitrogen and oxygen atoms in total. The van der Waals surface area contributed by atoms with Gasteiger partial charge < -0.3 is 14.6 Å². The monoisotopic (exact) mass is 330 g/mol. The van der Waals surface area contributed by atoms with Crippen LogP contribution in [-0.2, 0) is 16.1 Å². The molecule has 1 N–H and O–H groups in total. The lowest BCUT2D eigenvalue weighted by Gasteiger charge is -2.11. The van der Waals surface area contributed by atoms with E-state index in [1.54, 1.807) is 24.3 Å². The Bertz CT molecular complexity index is 700. The number of esters is 1. The Labute approximate surface area is 141 Å².